The van der Waals surface area contributed by atoms with Gasteiger partial charge in [0.25, 0.3) is 0 Å². The zero-order valence-corrected chi connectivity index (χ0v) is 7.84. The van der Waals surface area contributed by atoms with E-state index in [0.717, 1.165) is 11.8 Å². The zero-order chi connectivity index (χ0) is 8.10. The molecule has 0 aromatic rings. The Balaban J connectivity index is 2.17. The van der Waals surface area contributed by atoms with Crippen LogP contribution in [-0.2, 0) is 0 Å². The van der Waals surface area contributed by atoms with E-state index in [-0.39, 0.29) is 0 Å². The van der Waals surface area contributed by atoms with E-state index in [2.05, 4.69) is 26.0 Å². The van der Waals surface area contributed by atoms with Crippen LogP contribution in [0.3, 0.4) is 0 Å². The van der Waals surface area contributed by atoms with Gasteiger partial charge in [-0.05, 0) is 31.1 Å². The molecule has 0 spiro atoms. The van der Waals surface area contributed by atoms with Gasteiger partial charge in [-0.25, -0.2) is 0 Å². The van der Waals surface area contributed by atoms with Gasteiger partial charge in [-0.15, -0.1) is 0 Å². The van der Waals surface area contributed by atoms with E-state index in [9.17, 15) is 0 Å². The topological polar surface area (TPSA) is 0 Å². The Labute approximate surface area is 70.7 Å². The second kappa shape index (κ2) is 4.58. The highest BCUT2D eigenvalue weighted by atomic mass is 14.2. The number of hydrogen-bond acceptors (Lipinski definition) is 0. The molecule has 0 heteroatoms. The maximum atomic E-state index is 2.34. The Morgan fingerprint density at radius 3 is 2.18 bits per heavy atom. The summed E-state index contributed by atoms with van der Waals surface area (Å²) in [6.07, 6.45) is 11.6. The average Bonchev–Trinajstić information content (AvgIpc) is 2.52. The van der Waals surface area contributed by atoms with Gasteiger partial charge in [0.15, 0.2) is 0 Å². The van der Waals surface area contributed by atoms with E-state index in [4.69, 9.17) is 0 Å². The quantitative estimate of drug-likeness (QED) is 0.538. The third kappa shape index (κ3) is 2.69. The van der Waals surface area contributed by atoms with Crippen molar-refractivity contribution in [2.45, 2.75) is 46.0 Å². The van der Waals surface area contributed by atoms with Gasteiger partial charge >= 0.3 is 0 Å². The summed E-state index contributed by atoms with van der Waals surface area (Å²) < 4.78 is 0. The summed E-state index contributed by atoms with van der Waals surface area (Å²) >= 11 is 0. The Morgan fingerprint density at radius 2 is 1.73 bits per heavy atom. The number of rotatable bonds is 4. The molecule has 0 heterocycles. The molecule has 1 rings (SSSR count). The molecule has 0 amide bonds. The maximum absolute atomic E-state index is 2.34. The second-order valence-corrected chi connectivity index (χ2v) is 3.73. The third-order valence-electron chi connectivity index (χ3n) is 2.93. The molecule has 1 aliphatic carbocycles. The molecule has 0 aromatic carbocycles. The smallest absolute Gasteiger partial charge is 0.0319 e. The molecule has 1 aliphatic rings. The first-order chi connectivity index (χ1) is 5.36. The van der Waals surface area contributed by atoms with Gasteiger partial charge in [0.05, 0.1) is 0 Å². The summed E-state index contributed by atoms with van der Waals surface area (Å²) in [5, 5.41) is 0. The highest BCUT2D eigenvalue weighted by Gasteiger charge is 2.14. The summed E-state index contributed by atoms with van der Waals surface area (Å²) in [7, 11) is 0. The highest BCUT2D eigenvalue weighted by molar-refractivity contribution is 4.94. The van der Waals surface area contributed by atoms with Crippen molar-refractivity contribution < 1.29 is 0 Å². The van der Waals surface area contributed by atoms with Crippen LogP contribution in [0.1, 0.15) is 46.0 Å². The lowest BCUT2D eigenvalue weighted by molar-refractivity contribution is 0.365. The van der Waals surface area contributed by atoms with Crippen molar-refractivity contribution in [2.24, 2.45) is 11.8 Å². The minimum atomic E-state index is 0.986. The molecule has 0 nitrogen and oxygen atoms in total. The van der Waals surface area contributed by atoms with Gasteiger partial charge in [0.1, 0.15) is 0 Å². The Bertz CT molecular complexity index is 112. The standard InChI is InChI=1S/C11H20/c1-3-10(4-2)9-11-7-5-6-8-11/h5-6,10-11H,3-4,7-9H2,1-2H3. The van der Waals surface area contributed by atoms with Crippen LogP contribution in [0.5, 0.6) is 0 Å². The van der Waals surface area contributed by atoms with Crippen LogP contribution in [0.25, 0.3) is 0 Å². The van der Waals surface area contributed by atoms with E-state index in [1.807, 2.05) is 0 Å². The van der Waals surface area contributed by atoms with Gasteiger partial charge in [-0.2, -0.15) is 0 Å². The first kappa shape index (κ1) is 8.83. The molecule has 0 fully saturated rings. The molecular weight excluding hydrogens is 132 g/mol. The SMILES string of the molecule is CCC(CC)CC1CC=CC1. The van der Waals surface area contributed by atoms with Crippen LogP contribution in [0.15, 0.2) is 12.2 Å². The first-order valence-electron chi connectivity index (χ1n) is 5.01. The van der Waals surface area contributed by atoms with Crippen molar-refractivity contribution in [1.82, 2.24) is 0 Å². The van der Waals surface area contributed by atoms with Crippen LogP contribution < -0.4 is 0 Å². The maximum Gasteiger partial charge on any atom is -0.0319 e. The second-order valence-electron chi connectivity index (χ2n) is 3.73. The minimum Gasteiger partial charge on any atom is -0.0882 e. The van der Waals surface area contributed by atoms with E-state index >= 15 is 0 Å². The fourth-order valence-electron chi connectivity index (χ4n) is 1.96. The van der Waals surface area contributed by atoms with Crippen molar-refractivity contribution in [2.75, 3.05) is 0 Å². The Kier molecular flexibility index (Phi) is 3.68. The first-order valence-corrected chi connectivity index (χ1v) is 5.01. The number of allylic oxidation sites excluding steroid dienone is 2. The Morgan fingerprint density at radius 1 is 1.18 bits per heavy atom. The lowest BCUT2D eigenvalue weighted by Gasteiger charge is -2.16. The summed E-state index contributed by atoms with van der Waals surface area (Å²) in [6, 6.07) is 0. The lowest BCUT2D eigenvalue weighted by Crippen LogP contribution is -2.04. The summed E-state index contributed by atoms with van der Waals surface area (Å²) in [5.41, 5.74) is 0. The van der Waals surface area contributed by atoms with Gasteiger partial charge in [0, 0.05) is 0 Å². The molecule has 11 heavy (non-hydrogen) atoms. The van der Waals surface area contributed by atoms with Crippen LogP contribution in [0.4, 0.5) is 0 Å². The molecule has 0 unspecified atom stereocenters. The van der Waals surface area contributed by atoms with Crippen molar-refractivity contribution >= 4 is 0 Å². The molecule has 64 valence electrons. The minimum absolute atomic E-state index is 0.986. The summed E-state index contributed by atoms with van der Waals surface area (Å²) in [4.78, 5) is 0. The van der Waals surface area contributed by atoms with E-state index in [1.54, 1.807) is 0 Å². The van der Waals surface area contributed by atoms with Gasteiger partial charge in [0.2, 0.25) is 0 Å². The Hall–Kier alpha value is -0.260. The van der Waals surface area contributed by atoms with Crippen molar-refractivity contribution in [3.63, 3.8) is 0 Å². The molecule has 0 saturated carbocycles. The van der Waals surface area contributed by atoms with Gasteiger partial charge in [-0.3, -0.25) is 0 Å². The summed E-state index contributed by atoms with van der Waals surface area (Å²) in [6.45, 7) is 4.63. The van der Waals surface area contributed by atoms with Crippen LogP contribution in [0, 0.1) is 11.8 Å². The third-order valence-corrected chi connectivity index (χ3v) is 2.93. The monoisotopic (exact) mass is 152 g/mol. The van der Waals surface area contributed by atoms with Crippen LogP contribution >= 0.6 is 0 Å². The highest BCUT2D eigenvalue weighted by Crippen LogP contribution is 2.27. The van der Waals surface area contributed by atoms with Crippen molar-refractivity contribution in [1.29, 1.82) is 0 Å². The molecular formula is C11H20. The predicted octanol–water partition coefficient (Wildman–Crippen LogP) is 3.78. The normalized spacial score (nSPS) is 18.5. The molecule has 0 atom stereocenters. The zero-order valence-electron chi connectivity index (χ0n) is 7.84. The molecule has 0 radical (unpaired) electrons. The van der Waals surface area contributed by atoms with E-state index in [0.29, 0.717) is 0 Å². The molecule has 0 aromatic heterocycles. The van der Waals surface area contributed by atoms with Gasteiger partial charge in [-0.1, -0.05) is 38.8 Å². The fraction of sp³-hybridized carbons (Fsp3) is 0.818. The number of hydrogen-bond donors (Lipinski definition) is 0. The molecule has 0 bridgehead atoms. The van der Waals surface area contributed by atoms with Crippen LogP contribution in [-0.4, -0.2) is 0 Å². The lowest BCUT2D eigenvalue weighted by atomic mass is 9.89. The average molecular weight is 152 g/mol. The molecule has 0 aliphatic heterocycles. The fourth-order valence-corrected chi connectivity index (χ4v) is 1.96. The summed E-state index contributed by atoms with van der Waals surface area (Å²) in [5.74, 6) is 1.97. The van der Waals surface area contributed by atoms with E-state index < -0.39 is 0 Å². The van der Waals surface area contributed by atoms with Crippen LogP contribution in [0.2, 0.25) is 0 Å². The van der Waals surface area contributed by atoms with Crippen molar-refractivity contribution in [3.8, 4) is 0 Å². The van der Waals surface area contributed by atoms with Crippen molar-refractivity contribution in [3.05, 3.63) is 12.2 Å². The molecule has 0 saturated heterocycles. The molecule has 0 N–H and O–H groups in total. The largest absolute Gasteiger partial charge is 0.0882 e. The van der Waals surface area contributed by atoms with Gasteiger partial charge < -0.3 is 0 Å². The van der Waals surface area contributed by atoms with E-state index in [1.165, 1.54) is 32.1 Å². The predicted molar refractivity (Wildman–Crippen MR) is 50.6 cm³/mol.